The molecule has 0 atom stereocenters. The number of amides is 2. The SMILES string of the molecule is CN(C)C(=O)c1ccc(NC(=O)c2cc3cccnc3[nH]2)c(F)c1. The van der Waals surface area contributed by atoms with Crippen molar-refractivity contribution in [2.45, 2.75) is 0 Å². The Kier molecular flexibility index (Phi) is 3.99. The standard InChI is InChI=1S/C17H15FN4O2/c1-22(2)17(24)11-5-6-13(12(18)8-11)21-16(23)14-9-10-4-3-7-19-15(10)20-14/h3-9H,1-2H3,(H,19,20)(H,21,23). The number of hydrogen-bond acceptors (Lipinski definition) is 3. The van der Waals surface area contributed by atoms with Gasteiger partial charge in [0, 0.05) is 31.2 Å². The first-order valence-corrected chi connectivity index (χ1v) is 7.22. The highest BCUT2D eigenvalue weighted by Crippen LogP contribution is 2.19. The van der Waals surface area contributed by atoms with Crippen molar-refractivity contribution in [2.75, 3.05) is 19.4 Å². The zero-order valence-corrected chi connectivity index (χ0v) is 13.1. The van der Waals surface area contributed by atoms with Crippen LogP contribution >= 0.6 is 0 Å². The van der Waals surface area contributed by atoms with Crippen molar-refractivity contribution in [3.8, 4) is 0 Å². The molecule has 24 heavy (non-hydrogen) atoms. The van der Waals surface area contributed by atoms with Crippen LogP contribution in [0.25, 0.3) is 11.0 Å². The molecule has 0 aliphatic heterocycles. The third-order valence-electron chi connectivity index (χ3n) is 3.51. The van der Waals surface area contributed by atoms with E-state index in [-0.39, 0.29) is 22.9 Å². The van der Waals surface area contributed by atoms with E-state index in [4.69, 9.17) is 0 Å². The summed E-state index contributed by atoms with van der Waals surface area (Å²) in [5.41, 5.74) is 1.07. The lowest BCUT2D eigenvalue weighted by atomic mass is 10.1. The highest BCUT2D eigenvalue weighted by atomic mass is 19.1. The van der Waals surface area contributed by atoms with Crippen LogP contribution in [0.15, 0.2) is 42.6 Å². The van der Waals surface area contributed by atoms with Gasteiger partial charge in [0.15, 0.2) is 0 Å². The second-order valence-corrected chi connectivity index (χ2v) is 5.47. The maximum Gasteiger partial charge on any atom is 0.272 e. The van der Waals surface area contributed by atoms with Gasteiger partial charge in [0.05, 0.1) is 5.69 Å². The molecule has 0 aliphatic carbocycles. The second kappa shape index (κ2) is 6.11. The topological polar surface area (TPSA) is 78.1 Å². The van der Waals surface area contributed by atoms with Crippen LogP contribution < -0.4 is 5.32 Å². The summed E-state index contributed by atoms with van der Waals surface area (Å²) in [6.45, 7) is 0. The molecule has 0 spiro atoms. The molecule has 3 rings (SSSR count). The fourth-order valence-corrected chi connectivity index (χ4v) is 2.28. The number of nitrogens with one attached hydrogen (secondary N) is 2. The number of pyridine rings is 1. The van der Waals surface area contributed by atoms with E-state index in [0.29, 0.717) is 5.65 Å². The Labute approximate surface area is 137 Å². The van der Waals surface area contributed by atoms with Gasteiger partial charge in [-0.1, -0.05) is 0 Å². The lowest BCUT2D eigenvalue weighted by molar-refractivity contribution is 0.0827. The third-order valence-corrected chi connectivity index (χ3v) is 3.51. The predicted molar refractivity (Wildman–Crippen MR) is 88.5 cm³/mol. The smallest absolute Gasteiger partial charge is 0.272 e. The molecular weight excluding hydrogens is 311 g/mol. The van der Waals surface area contributed by atoms with E-state index in [2.05, 4.69) is 15.3 Å². The van der Waals surface area contributed by atoms with Gasteiger partial charge >= 0.3 is 0 Å². The molecule has 7 heteroatoms. The van der Waals surface area contributed by atoms with Gasteiger partial charge in [-0.15, -0.1) is 0 Å². The van der Waals surface area contributed by atoms with Crippen LogP contribution in [0.1, 0.15) is 20.8 Å². The van der Waals surface area contributed by atoms with Crippen LogP contribution in [0, 0.1) is 5.82 Å². The normalized spacial score (nSPS) is 10.6. The van der Waals surface area contributed by atoms with Crippen molar-refractivity contribution in [1.29, 1.82) is 0 Å². The van der Waals surface area contributed by atoms with Crippen LogP contribution in [-0.4, -0.2) is 40.8 Å². The Morgan fingerprint density at radius 2 is 2.00 bits per heavy atom. The number of rotatable bonds is 3. The number of aromatic nitrogens is 2. The monoisotopic (exact) mass is 326 g/mol. The molecule has 0 aliphatic rings. The number of carbonyl (C=O) groups is 2. The number of H-pyrrole nitrogens is 1. The first-order chi connectivity index (χ1) is 11.5. The molecule has 2 amide bonds. The number of aromatic amines is 1. The van der Waals surface area contributed by atoms with E-state index in [1.165, 1.54) is 17.0 Å². The molecule has 6 nitrogen and oxygen atoms in total. The lowest BCUT2D eigenvalue weighted by Crippen LogP contribution is -2.22. The van der Waals surface area contributed by atoms with Crippen LogP contribution in [-0.2, 0) is 0 Å². The Bertz CT molecular complexity index is 900. The highest BCUT2D eigenvalue weighted by Gasteiger charge is 2.15. The molecule has 2 heterocycles. The Morgan fingerprint density at radius 1 is 1.21 bits per heavy atom. The van der Waals surface area contributed by atoms with E-state index in [1.54, 1.807) is 32.4 Å². The Morgan fingerprint density at radius 3 is 2.67 bits per heavy atom. The lowest BCUT2D eigenvalue weighted by Gasteiger charge is -2.11. The van der Waals surface area contributed by atoms with E-state index in [0.717, 1.165) is 11.5 Å². The van der Waals surface area contributed by atoms with Crippen LogP contribution in [0.2, 0.25) is 0 Å². The van der Waals surface area contributed by atoms with Crippen LogP contribution in [0.5, 0.6) is 0 Å². The summed E-state index contributed by atoms with van der Waals surface area (Å²) >= 11 is 0. The summed E-state index contributed by atoms with van der Waals surface area (Å²) < 4.78 is 14.1. The van der Waals surface area contributed by atoms with Gasteiger partial charge in [0.25, 0.3) is 11.8 Å². The summed E-state index contributed by atoms with van der Waals surface area (Å²) in [5.74, 6) is -1.47. The van der Waals surface area contributed by atoms with Crippen molar-refractivity contribution in [3.63, 3.8) is 0 Å². The average molecular weight is 326 g/mol. The van der Waals surface area contributed by atoms with E-state index >= 15 is 0 Å². The van der Waals surface area contributed by atoms with Crippen molar-refractivity contribution < 1.29 is 14.0 Å². The second-order valence-electron chi connectivity index (χ2n) is 5.47. The minimum Gasteiger partial charge on any atom is -0.345 e. The summed E-state index contributed by atoms with van der Waals surface area (Å²) in [4.78, 5) is 32.4. The van der Waals surface area contributed by atoms with Gasteiger partial charge in [-0.25, -0.2) is 9.37 Å². The predicted octanol–water partition coefficient (Wildman–Crippen LogP) is 2.66. The van der Waals surface area contributed by atoms with Gasteiger partial charge in [-0.2, -0.15) is 0 Å². The highest BCUT2D eigenvalue weighted by molar-refractivity contribution is 6.05. The van der Waals surface area contributed by atoms with Gasteiger partial charge < -0.3 is 15.2 Å². The quantitative estimate of drug-likeness (QED) is 0.777. The number of carbonyl (C=O) groups excluding carboxylic acids is 2. The molecule has 0 saturated carbocycles. The zero-order chi connectivity index (χ0) is 17.3. The molecule has 2 aromatic heterocycles. The van der Waals surface area contributed by atoms with Crippen molar-refractivity contribution >= 4 is 28.5 Å². The van der Waals surface area contributed by atoms with Gasteiger partial charge in [0.1, 0.15) is 17.2 Å². The number of anilines is 1. The fourth-order valence-electron chi connectivity index (χ4n) is 2.28. The van der Waals surface area contributed by atoms with Crippen LogP contribution in [0.4, 0.5) is 10.1 Å². The summed E-state index contributed by atoms with van der Waals surface area (Å²) in [5, 5.41) is 3.27. The van der Waals surface area contributed by atoms with Crippen molar-refractivity contribution in [3.05, 3.63) is 59.7 Å². The van der Waals surface area contributed by atoms with E-state index < -0.39 is 11.7 Å². The number of nitrogens with zero attached hydrogens (tertiary/aromatic N) is 2. The first kappa shape index (κ1) is 15.7. The number of hydrogen-bond donors (Lipinski definition) is 2. The average Bonchev–Trinajstić information content (AvgIpc) is 3.00. The van der Waals surface area contributed by atoms with Crippen molar-refractivity contribution in [1.82, 2.24) is 14.9 Å². The van der Waals surface area contributed by atoms with Gasteiger partial charge in [-0.3, -0.25) is 9.59 Å². The van der Waals surface area contributed by atoms with E-state index in [9.17, 15) is 14.0 Å². The summed E-state index contributed by atoms with van der Waals surface area (Å²) in [7, 11) is 3.17. The molecule has 1 aromatic carbocycles. The zero-order valence-electron chi connectivity index (χ0n) is 13.1. The van der Waals surface area contributed by atoms with E-state index in [1.807, 2.05) is 6.07 Å². The summed E-state index contributed by atoms with van der Waals surface area (Å²) in [6, 6.07) is 9.15. The minimum atomic E-state index is -0.676. The minimum absolute atomic E-state index is 0.00178. The Balaban J connectivity index is 1.82. The third kappa shape index (κ3) is 2.96. The maximum absolute atomic E-state index is 14.1. The molecule has 0 unspecified atom stereocenters. The molecular formula is C17H15FN4O2. The molecule has 3 aromatic rings. The Hall–Kier alpha value is -3.22. The fraction of sp³-hybridized carbons (Fsp3) is 0.118. The first-order valence-electron chi connectivity index (χ1n) is 7.22. The molecule has 122 valence electrons. The summed E-state index contributed by atoms with van der Waals surface area (Å²) in [6.07, 6.45) is 1.61. The maximum atomic E-state index is 14.1. The van der Waals surface area contributed by atoms with Gasteiger partial charge in [0.2, 0.25) is 0 Å². The van der Waals surface area contributed by atoms with Crippen molar-refractivity contribution in [2.24, 2.45) is 0 Å². The number of halogens is 1. The molecule has 0 bridgehead atoms. The van der Waals surface area contributed by atoms with Crippen LogP contribution in [0.3, 0.4) is 0 Å². The van der Waals surface area contributed by atoms with Gasteiger partial charge in [-0.05, 0) is 36.4 Å². The molecule has 0 radical (unpaired) electrons. The molecule has 2 N–H and O–H groups in total. The number of benzene rings is 1. The molecule has 0 fully saturated rings. The molecule has 0 saturated heterocycles. The largest absolute Gasteiger partial charge is 0.345 e. The number of fused-ring (bicyclic) bond motifs is 1.